The first-order valence-corrected chi connectivity index (χ1v) is 10.5. The molecule has 0 amide bonds. The Bertz CT molecular complexity index is 1190. The fourth-order valence-corrected chi connectivity index (χ4v) is 4.25. The molecule has 3 aromatic carbocycles. The minimum Gasteiger partial charge on any atom is -1.00 e. The van der Waals surface area contributed by atoms with Gasteiger partial charge in [-0.15, -0.1) is 0 Å². The zero-order valence-corrected chi connectivity index (χ0v) is 18.3. The van der Waals surface area contributed by atoms with Gasteiger partial charge < -0.3 is 17.7 Å². The number of hydrogen-bond acceptors (Lipinski definition) is 2. The molecule has 0 radical (unpaired) electrons. The number of quaternary nitrogens is 1. The van der Waals surface area contributed by atoms with Gasteiger partial charge in [0.05, 0.1) is 12.1 Å². The molecule has 0 bridgehead atoms. The first kappa shape index (κ1) is 23.0. The lowest BCUT2D eigenvalue weighted by atomic mass is 9.98. The molecule has 170 valence electrons. The quantitative estimate of drug-likeness (QED) is 0.492. The highest BCUT2D eigenvalue weighted by atomic mass is 35.5. The number of hydrogen-bond donors (Lipinski definition) is 1. The maximum Gasteiger partial charge on any atom is 0.416 e. The van der Waals surface area contributed by atoms with Crippen molar-refractivity contribution >= 4 is 0 Å². The van der Waals surface area contributed by atoms with E-state index in [0.29, 0.717) is 12.4 Å². The lowest BCUT2D eigenvalue weighted by Gasteiger charge is -2.28. The second-order valence-corrected chi connectivity index (χ2v) is 8.06. The second-order valence-electron chi connectivity index (χ2n) is 8.06. The molecule has 8 heteroatoms. The van der Waals surface area contributed by atoms with E-state index in [9.17, 15) is 13.2 Å². The van der Waals surface area contributed by atoms with Crippen LogP contribution in [0.3, 0.4) is 0 Å². The number of nitrogens with two attached hydrogens (primary N) is 1. The van der Waals surface area contributed by atoms with Gasteiger partial charge in [-0.05, 0) is 17.7 Å². The van der Waals surface area contributed by atoms with Crippen LogP contribution in [0.1, 0.15) is 34.6 Å². The summed E-state index contributed by atoms with van der Waals surface area (Å²) >= 11 is 0. The number of benzene rings is 3. The number of nitrogens with zero attached hydrogens (tertiary/aromatic N) is 3. The SMILES string of the molecule is FC(F)(F)c1ccc([C@@H]2Cn3nc(-c4ccccc4)nc3[C@H](Cc3ccccc3)[NH2+]2)cc1.[Cl-]. The predicted molar refractivity (Wildman–Crippen MR) is 114 cm³/mol. The highest BCUT2D eigenvalue weighted by Crippen LogP contribution is 2.31. The van der Waals surface area contributed by atoms with Crippen molar-refractivity contribution in [2.75, 3.05) is 0 Å². The van der Waals surface area contributed by atoms with Crippen LogP contribution in [0, 0.1) is 0 Å². The van der Waals surface area contributed by atoms with Crippen LogP contribution in [-0.4, -0.2) is 14.8 Å². The highest BCUT2D eigenvalue weighted by Gasteiger charge is 2.35. The van der Waals surface area contributed by atoms with E-state index in [1.807, 2.05) is 53.2 Å². The number of halogens is 4. The summed E-state index contributed by atoms with van der Waals surface area (Å²) in [6.07, 6.45) is -3.58. The molecule has 33 heavy (non-hydrogen) atoms. The summed E-state index contributed by atoms with van der Waals surface area (Å²) in [5, 5.41) is 6.95. The van der Waals surface area contributed by atoms with E-state index >= 15 is 0 Å². The van der Waals surface area contributed by atoms with E-state index in [1.165, 1.54) is 5.56 Å². The molecule has 4 aromatic rings. The summed E-state index contributed by atoms with van der Waals surface area (Å²) in [5.41, 5.74) is 2.33. The number of rotatable bonds is 4. The zero-order chi connectivity index (χ0) is 22.1. The first-order valence-electron chi connectivity index (χ1n) is 10.5. The molecule has 5 rings (SSSR count). The van der Waals surface area contributed by atoms with Crippen molar-refractivity contribution < 1.29 is 30.9 Å². The smallest absolute Gasteiger partial charge is 0.416 e. The summed E-state index contributed by atoms with van der Waals surface area (Å²) in [7, 11) is 0. The topological polar surface area (TPSA) is 47.3 Å². The van der Waals surface area contributed by atoms with Gasteiger partial charge in [0.25, 0.3) is 0 Å². The van der Waals surface area contributed by atoms with Gasteiger partial charge >= 0.3 is 6.18 Å². The van der Waals surface area contributed by atoms with Gasteiger partial charge in [0.15, 0.2) is 17.7 Å². The molecule has 2 atom stereocenters. The Morgan fingerprint density at radius 3 is 2.15 bits per heavy atom. The van der Waals surface area contributed by atoms with Crippen LogP contribution in [-0.2, 0) is 19.1 Å². The van der Waals surface area contributed by atoms with E-state index in [2.05, 4.69) is 17.4 Å². The van der Waals surface area contributed by atoms with Crippen molar-refractivity contribution in [1.29, 1.82) is 0 Å². The molecule has 1 aromatic heterocycles. The van der Waals surface area contributed by atoms with Crippen LogP contribution < -0.4 is 17.7 Å². The Kier molecular flexibility index (Phi) is 6.54. The van der Waals surface area contributed by atoms with Crippen LogP contribution in [0.5, 0.6) is 0 Å². The summed E-state index contributed by atoms with van der Waals surface area (Å²) in [6, 6.07) is 25.4. The van der Waals surface area contributed by atoms with Crippen LogP contribution in [0.4, 0.5) is 13.2 Å². The fraction of sp³-hybridized carbons (Fsp3) is 0.200. The normalized spacial score (nSPS) is 17.8. The molecular formula is C25H22ClF3N4. The van der Waals surface area contributed by atoms with Crippen LogP contribution in [0.15, 0.2) is 84.9 Å². The summed E-state index contributed by atoms with van der Waals surface area (Å²) < 4.78 is 40.9. The minimum atomic E-state index is -4.34. The van der Waals surface area contributed by atoms with Crippen molar-refractivity contribution in [1.82, 2.24) is 14.8 Å². The third-order valence-corrected chi connectivity index (χ3v) is 5.86. The Morgan fingerprint density at radius 2 is 1.52 bits per heavy atom. The maximum absolute atomic E-state index is 13.0. The van der Waals surface area contributed by atoms with Crippen molar-refractivity contribution in [2.24, 2.45) is 0 Å². The fourth-order valence-electron chi connectivity index (χ4n) is 4.25. The second kappa shape index (κ2) is 9.37. The number of aromatic nitrogens is 3. The molecule has 0 fully saturated rings. The van der Waals surface area contributed by atoms with E-state index in [1.54, 1.807) is 12.1 Å². The predicted octanol–water partition coefficient (Wildman–Crippen LogP) is 1.57. The Morgan fingerprint density at radius 1 is 0.879 bits per heavy atom. The van der Waals surface area contributed by atoms with Crippen molar-refractivity contribution in [3.8, 4) is 11.4 Å². The summed E-state index contributed by atoms with van der Waals surface area (Å²) in [6.45, 7) is 0.547. The van der Waals surface area contributed by atoms with Gasteiger partial charge in [0.2, 0.25) is 0 Å². The average molecular weight is 471 g/mol. The molecule has 1 aliphatic heterocycles. The molecule has 0 unspecified atom stereocenters. The van der Waals surface area contributed by atoms with Gasteiger partial charge in [-0.3, -0.25) is 0 Å². The molecule has 2 N–H and O–H groups in total. The van der Waals surface area contributed by atoms with Crippen molar-refractivity contribution in [3.05, 3.63) is 107 Å². The van der Waals surface area contributed by atoms with Gasteiger partial charge in [0, 0.05) is 17.5 Å². The molecule has 2 heterocycles. The molecule has 4 nitrogen and oxygen atoms in total. The van der Waals surface area contributed by atoms with E-state index in [-0.39, 0.29) is 24.5 Å². The number of alkyl halides is 3. The standard InChI is InChI=1S/C25H21F3N4.ClH/c26-25(27,28)20-13-11-18(12-14-20)22-16-32-24(21(29-22)15-17-7-3-1-4-8-17)30-23(31-32)19-9-5-2-6-10-19;/h1-14,21-22,29H,15-16H2;1H/t21-,22-;/m0./s1. The molecular weight excluding hydrogens is 449 g/mol. The zero-order valence-electron chi connectivity index (χ0n) is 17.6. The van der Waals surface area contributed by atoms with Crippen LogP contribution in [0.2, 0.25) is 0 Å². The molecule has 0 aliphatic carbocycles. The third kappa shape index (κ3) is 4.94. The van der Waals surface area contributed by atoms with E-state index in [4.69, 9.17) is 10.1 Å². The Labute approximate surface area is 195 Å². The molecule has 1 aliphatic rings. The Balaban J connectivity index is 0.00000259. The van der Waals surface area contributed by atoms with Crippen molar-refractivity contribution in [3.63, 3.8) is 0 Å². The van der Waals surface area contributed by atoms with Gasteiger partial charge in [-0.2, -0.15) is 18.3 Å². The van der Waals surface area contributed by atoms with Gasteiger partial charge in [0.1, 0.15) is 6.04 Å². The monoisotopic (exact) mass is 470 g/mol. The van der Waals surface area contributed by atoms with Crippen LogP contribution in [0.25, 0.3) is 11.4 Å². The van der Waals surface area contributed by atoms with Gasteiger partial charge in [-0.1, -0.05) is 72.8 Å². The van der Waals surface area contributed by atoms with Gasteiger partial charge in [-0.25, -0.2) is 9.67 Å². The lowest BCUT2D eigenvalue weighted by Crippen LogP contribution is -3.00. The molecule has 0 spiro atoms. The number of fused-ring (bicyclic) bond motifs is 1. The van der Waals surface area contributed by atoms with Crippen molar-refractivity contribution in [2.45, 2.75) is 31.2 Å². The van der Waals surface area contributed by atoms with E-state index < -0.39 is 11.7 Å². The lowest BCUT2D eigenvalue weighted by molar-refractivity contribution is -0.742. The first-order chi connectivity index (χ1) is 15.5. The highest BCUT2D eigenvalue weighted by molar-refractivity contribution is 5.54. The largest absolute Gasteiger partial charge is 1.00 e. The maximum atomic E-state index is 13.0. The van der Waals surface area contributed by atoms with E-state index in [0.717, 1.165) is 35.5 Å². The average Bonchev–Trinajstić information content (AvgIpc) is 3.25. The third-order valence-electron chi connectivity index (χ3n) is 5.86. The molecule has 0 saturated heterocycles. The minimum absolute atomic E-state index is 0. The van der Waals surface area contributed by atoms with Crippen LogP contribution >= 0.6 is 0 Å². The Hall–Kier alpha value is -3.16. The summed E-state index contributed by atoms with van der Waals surface area (Å²) in [5.74, 6) is 1.55. The summed E-state index contributed by atoms with van der Waals surface area (Å²) in [4.78, 5) is 4.84. The molecule has 0 saturated carbocycles.